The van der Waals surface area contributed by atoms with Crippen LogP contribution in [0, 0.1) is 11.8 Å². The summed E-state index contributed by atoms with van der Waals surface area (Å²) in [6, 6.07) is 8.55. The van der Waals surface area contributed by atoms with Crippen molar-refractivity contribution in [3.8, 4) is 0 Å². The van der Waals surface area contributed by atoms with Crippen LogP contribution in [0.25, 0.3) is 5.57 Å². The van der Waals surface area contributed by atoms with Gasteiger partial charge in [-0.25, -0.2) is 0 Å². The van der Waals surface area contributed by atoms with Crippen molar-refractivity contribution >= 4 is 11.3 Å². The SMILES string of the molecule is C=C1c2ccccc2N(C)CC1C(C)C. The quantitative estimate of drug-likeness (QED) is 0.673. The highest BCUT2D eigenvalue weighted by Gasteiger charge is 2.27. The van der Waals surface area contributed by atoms with E-state index >= 15 is 0 Å². The molecule has 1 aromatic carbocycles. The average molecular weight is 201 g/mol. The second-order valence-electron chi connectivity index (χ2n) is 4.77. The average Bonchev–Trinajstić information content (AvgIpc) is 2.23. The summed E-state index contributed by atoms with van der Waals surface area (Å²) in [6.45, 7) is 9.91. The van der Waals surface area contributed by atoms with E-state index in [2.05, 4.69) is 56.6 Å². The van der Waals surface area contributed by atoms with Crippen LogP contribution < -0.4 is 4.90 Å². The lowest BCUT2D eigenvalue weighted by atomic mass is 9.81. The number of benzene rings is 1. The summed E-state index contributed by atoms with van der Waals surface area (Å²) < 4.78 is 0. The van der Waals surface area contributed by atoms with Crippen LogP contribution in [0.5, 0.6) is 0 Å². The van der Waals surface area contributed by atoms with Crippen molar-refractivity contribution < 1.29 is 0 Å². The lowest BCUT2D eigenvalue weighted by Gasteiger charge is -2.37. The molecule has 0 radical (unpaired) electrons. The summed E-state index contributed by atoms with van der Waals surface area (Å²) in [5, 5.41) is 0. The van der Waals surface area contributed by atoms with Gasteiger partial charge in [0.15, 0.2) is 0 Å². The first-order valence-electron chi connectivity index (χ1n) is 5.60. The topological polar surface area (TPSA) is 3.24 Å². The van der Waals surface area contributed by atoms with Gasteiger partial charge in [-0.2, -0.15) is 0 Å². The van der Waals surface area contributed by atoms with E-state index in [0.717, 1.165) is 6.54 Å². The Morgan fingerprint density at radius 3 is 2.67 bits per heavy atom. The van der Waals surface area contributed by atoms with E-state index < -0.39 is 0 Å². The minimum absolute atomic E-state index is 0.588. The van der Waals surface area contributed by atoms with Gasteiger partial charge in [-0.3, -0.25) is 0 Å². The molecule has 1 unspecified atom stereocenters. The minimum Gasteiger partial charge on any atom is -0.373 e. The Balaban J connectivity index is 2.44. The van der Waals surface area contributed by atoms with Crippen LogP contribution in [0.4, 0.5) is 5.69 Å². The van der Waals surface area contributed by atoms with Gasteiger partial charge in [-0.05, 0) is 17.6 Å². The normalized spacial score (nSPS) is 20.7. The summed E-state index contributed by atoms with van der Waals surface area (Å²) in [4.78, 5) is 2.34. The first kappa shape index (κ1) is 10.3. The molecular formula is C14H19N. The first-order chi connectivity index (χ1) is 7.11. The summed E-state index contributed by atoms with van der Waals surface area (Å²) in [7, 11) is 2.17. The van der Waals surface area contributed by atoms with Gasteiger partial charge in [-0.15, -0.1) is 0 Å². The molecule has 1 aromatic rings. The third-order valence-electron chi connectivity index (χ3n) is 3.38. The van der Waals surface area contributed by atoms with E-state index in [0.29, 0.717) is 11.8 Å². The second-order valence-corrected chi connectivity index (χ2v) is 4.77. The third kappa shape index (κ3) is 1.67. The predicted octanol–water partition coefficient (Wildman–Crippen LogP) is 3.42. The molecule has 0 saturated carbocycles. The fraction of sp³-hybridized carbons (Fsp3) is 0.429. The van der Waals surface area contributed by atoms with E-state index in [1.807, 2.05) is 0 Å². The minimum atomic E-state index is 0.588. The lowest BCUT2D eigenvalue weighted by molar-refractivity contribution is 0.474. The van der Waals surface area contributed by atoms with Crippen molar-refractivity contribution in [3.63, 3.8) is 0 Å². The summed E-state index contributed by atoms with van der Waals surface area (Å²) >= 11 is 0. The standard InChI is InChI=1S/C14H19N/c1-10(2)13-9-15(4)14-8-6-5-7-12(14)11(13)3/h5-8,10,13H,3,9H2,1-2,4H3. The zero-order chi connectivity index (χ0) is 11.0. The van der Waals surface area contributed by atoms with E-state index in [1.165, 1.54) is 16.8 Å². The fourth-order valence-corrected chi connectivity index (χ4v) is 2.39. The Labute approximate surface area is 92.4 Å². The molecule has 0 bridgehead atoms. The fourth-order valence-electron chi connectivity index (χ4n) is 2.39. The van der Waals surface area contributed by atoms with E-state index in [9.17, 15) is 0 Å². The molecule has 2 rings (SSSR count). The molecule has 15 heavy (non-hydrogen) atoms. The molecular weight excluding hydrogens is 182 g/mol. The molecule has 0 aliphatic carbocycles. The van der Waals surface area contributed by atoms with Gasteiger partial charge in [-0.1, -0.05) is 38.6 Å². The van der Waals surface area contributed by atoms with Crippen molar-refractivity contribution in [1.82, 2.24) is 0 Å². The van der Waals surface area contributed by atoms with Gasteiger partial charge < -0.3 is 4.90 Å². The second kappa shape index (κ2) is 3.73. The molecule has 1 atom stereocenters. The van der Waals surface area contributed by atoms with Crippen LogP contribution in [0.3, 0.4) is 0 Å². The monoisotopic (exact) mass is 201 g/mol. The first-order valence-corrected chi connectivity index (χ1v) is 5.60. The van der Waals surface area contributed by atoms with E-state index in [-0.39, 0.29) is 0 Å². The van der Waals surface area contributed by atoms with E-state index in [4.69, 9.17) is 0 Å². The molecule has 80 valence electrons. The molecule has 1 nitrogen and oxygen atoms in total. The van der Waals surface area contributed by atoms with Gasteiger partial charge >= 0.3 is 0 Å². The summed E-state index contributed by atoms with van der Waals surface area (Å²) in [5.74, 6) is 1.25. The summed E-state index contributed by atoms with van der Waals surface area (Å²) in [6.07, 6.45) is 0. The molecule has 0 fully saturated rings. The van der Waals surface area contributed by atoms with Gasteiger partial charge in [0.2, 0.25) is 0 Å². The Morgan fingerprint density at radius 2 is 2.00 bits per heavy atom. The Bertz CT molecular complexity index is 379. The number of rotatable bonds is 1. The number of hydrogen-bond acceptors (Lipinski definition) is 1. The molecule has 0 amide bonds. The van der Waals surface area contributed by atoms with Crippen LogP contribution in [0.1, 0.15) is 19.4 Å². The van der Waals surface area contributed by atoms with Gasteiger partial charge in [0.1, 0.15) is 0 Å². The van der Waals surface area contributed by atoms with Gasteiger partial charge in [0, 0.05) is 30.8 Å². The molecule has 1 aliphatic rings. The highest BCUT2D eigenvalue weighted by Crippen LogP contribution is 2.38. The number of fused-ring (bicyclic) bond motifs is 1. The molecule has 1 aliphatic heterocycles. The molecule has 0 aromatic heterocycles. The third-order valence-corrected chi connectivity index (χ3v) is 3.38. The number of para-hydroxylation sites is 1. The van der Waals surface area contributed by atoms with Crippen molar-refractivity contribution in [2.45, 2.75) is 13.8 Å². The molecule has 1 heterocycles. The maximum Gasteiger partial charge on any atom is 0.0440 e. The molecule has 0 spiro atoms. The zero-order valence-electron chi connectivity index (χ0n) is 9.83. The van der Waals surface area contributed by atoms with Crippen LogP contribution >= 0.6 is 0 Å². The highest BCUT2D eigenvalue weighted by atomic mass is 15.1. The number of anilines is 1. The van der Waals surface area contributed by atoms with Crippen LogP contribution in [0.2, 0.25) is 0 Å². The van der Waals surface area contributed by atoms with Gasteiger partial charge in [0.25, 0.3) is 0 Å². The van der Waals surface area contributed by atoms with E-state index in [1.54, 1.807) is 0 Å². The smallest absolute Gasteiger partial charge is 0.0440 e. The largest absolute Gasteiger partial charge is 0.373 e. The van der Waals surface area contributed by atoms with Crippen LogP contribution in [-0.4, -0.2) is 13.6 Å². The van der Waals surface area contributed by atoms with Gasteiger partial charge in [0.05, 0.1) is 0 Å². The lowest BCUT2D eigenvalue weighted by Crippen LogP contribution is -2.33. The Morgan fingerprint density at radius 1 is 1.33 bits per heavy atom. The van der Waals surface area contributed by atoms with Crippen molar-refractivity contribution in [1.29, 1.82) is 0 Å². The Hall–Kier alpha value is -1.24. The van der Waals surface area contributed by atoms with Crippen molar-refractivity contribution in [3.05, 3.63) is 36.4 Å². The molecule has 0 N–H and O–H groups in total. The molecule has 0 saturated heterocycles. The number of hydrogen-bond donors (Lipinski definition) is 0. The van der Waals surface area contributed by atoms with Crippen LogP contribution in [-0.2, 0) is 0 Å². The zero-order valence-corrected chi connectivity index (χ0v) is 9.83. The van der Waals surface area contributed by atoms with Crippen LogP contribution in [0.15, 0.2) is 30.8 Å². The Kier molecular flexibility index (Phi) is 2.56. The maximum atomic E-state index is 4.27. The van der Waals surface area contributed by atoms with Crippen molar-refractivity contribution in [2.75, 3.05) is 18.5 Å². The summed E-state index contributed by atoms with van der Waals surface area (Å²) in [5.41, 5.74) is 3.95. The maximum absolute atomic E-state index is 4.27. The molecule has 1 heteroatoms. The number of nitrogens with zero attached hydrogens (tertiary/aromatic N) is 1. The highest BCUT2D eigenvalue weighted by molar-refractivity contribution is 5.79. The van der Waals surface area contributed by atoms with Crippen molar-refractivity contribution in [2.24, 2.45) is 11.8 Å². The predicted molar refractivity (Wildman–Crippen MR) is 67.1 cm³/mol.